The second kappa shape index (κ2) is 6.57. The molecule has 2 aromatic rings. The summed E-state index contributed by atoms with van der Waals surface area (Å²) in [5.41, 5.74) is 0.627. The van der Waals surface area contributed by atoms with Gasteiger partial charge in [0.05, 0.1) is 32.8 Å². The lowest BCUT2D eigenvalue weighted by Gasteiger charge is -2.37. The van der Waals surface area contributed by atoms with Crippen molar-refractivity contribution in [1.29, 1.82) is 0 Å². The molecule has 2 heterocycles. The van der Waals surface area contributed by atoms with E-state index in [-0.39, 0.29) is 10.9 Å². The van der Waals surface area contributed by atoms with E-state index >= 15 is 0 Å². The Kier molecular flexibility index (Phi) is 4.62. The van der Waals surface area contributed by atoms with Gasteiger partial charge in [-0.1, -0.05) is 0 Å². The van der Waals surface area contributed by atoms with E-state index in [2.05, 4.69) is 10.1 Å². The van der Waals surface area contributed by atoms with Crippen molar-refractivity contribution in [2.75, 3.05) is 40.3 Å². The summed E-state index contributed by atoms with van der Waals surface area (Å²) in [6.07, 6.45) is 1.50. The smallest absolute Gasteiger partial charge is 0.343 e. The molecule has 0 spiro atoms. The number of aromatic nitrogens is 1. The van der Waals surface area contributed by atoms with E-state index in [9.17, 15) is 14.0 Å². The summed E-state index contributed by atoms with van der Waals surface area (Å²) >= 11 is 0. The monoisotopic (exact) mass is 348 g/mol. The molecule has 1 aromatic carbocycles. The molecule has 1 aromatic heterocycles. The number of quaternary nitrogens is 1. The van der Waals surface area contributed by atoms with Crippen molar-refractivity contribution in [3.8, 4) is 0 Å². The van der Waals surface area contributed by atoms with E-state index in [1.165, 1.54) is 19.4 Å². The lowest BCUT2D eigenvalue weighted by Crippen LogP contribution is -2.57. The van der Waals surface area contributed by atoms with Crippen LogP contribution in [0.15, 0.2) is 23.1 Å². The van der Waals surface area contributed by atoms with E-state index in [4.69, 9.17) is 0 Å². The van der Waals surface area contributed by atoms with Gasteiger partial charge in [-0.3, -0.25) is 9.28 Å². The summed E-state index contributed by atoms with van der Waals surface area (Å²) in [4.78, 5) is 24.5. The van der Waals surface area contributed by atoms with Crippen LogP contribution < -0.4 is 15.2 Å². The summed E-state index contributed by atoms with van der Waals surface area (Å²) in [7, 11) is 3.23. The highest BCUT2D eigenvalue weighted by atomic mass is 19.1. The Morgan fingerprint density at radius 1 is 1.36 bits per heavy atom. The highest BCUT2D eigenvalue weighted by Crippen LogP contribution is 2.29. The van der Waals surface area contributed by atoms with Crippen LogP contribution in [0.1, 0.15) is 17.3 Å². The predicted octanol–water partition coefficient (Wildman–Crippen LogP) is 1.49. The normalized spacial score (nSPS) is 16.8. The van der Waals surface area contributed by atoms with E-state index < -0.39 is 17.2 Å². The molecule has 1 fully saturated rings. The number of pyridine rings is 1. The van der Waals surface area contributed by atoms with Crippen molar-refractivity contribution < 1.29 is 13.9 Å². The second-order valence-electron chi connectivity index (χ2n) is 6.56. The third-order valence-corrected chi connectivity index (χ3v) is 5.04. The number of esters is 1. The number of ether oxygens (including phenoxy) is 1. The van der Waals surface area contributed by atoms with Gasteiger partial charge in [-0.15, -0.1) is 0 Å². The zero-order valence-electron chi connectivity index (χ0n) is 14.8. The topological polar surface area (TPSA) is 60.3 Å². The number of halogens is 1. The minimum atomic E-state index is -0.709. The van der Waals surface area contributed by atoms with Crippen molar-refractivity contribution in [3.63, 3.8) is 0 Å². The molecule has 0 radical (unpaired) electrons. The van der Waals surface area contributed by atoms with Gasteiger partial charge in [-0.2, -0.15) is 0 Å². The molecule has 1 N–H and O–H groups in total. The molecule has 1 saturated heterocycles. The number of aryl methyl sites for hydroxylation is 1. The highest BCUT2D eigenvalue weighted by molar-refractivity contribution is 5.94. The highest BCUT2D eigenvalue weighted by Gasteiger charge is 2.31. The third kappa shape index (κ3) is 2.94. The van der Waals surface area contributed by atoms with Gasteiger partial charge >= 0.3 is 5.97 Å². The van der Waals surface area contributed by atoms with Gasteiger partial charge in [0.1, 0.15) is 5.56 Å². The number of hydrogen-bond acceptors (Lipinski definition) is 4. The zero-order valence-corrected chi connectivity index (χ0v) is 14.8. The molecule has 134 valence electrons. The molecule has 0 bridgehead atoms. The SMILES string of the molecule is CCn1cc(C(=O)OC)c(=O)c2cc(F)c([N+]3(C)CCNCC3)cc21. The van der Waals surface area contributed by atoms with Crippen LogP contribution >= 0.6 is 0 Å². The van der Waals surface area contributed by atoms with Crippen molar-refractivity contribution in [1.82, 2.24) is 14.4 Å². The first-order chi connectivity index (χ1) is 11.9. The Bertz CT molecular complexity index is 885. The number of carbonyl (C=O) groups is 1. The van der Waals surface area contributed by atoms with Gasteiger partial charge in [0.25, 0.3) is 0 Å². The van der Waals surface area contributed by atoms with Crippen LogP contribution in [0.25, 0.3) is 10.9 Å². The van der Waals surface area contributed by atoms with Crippen molar-refractivity contribution in [3.05, 3.63) is 39.9 Å². The largest absolute Gasteiger partial charge is 0.465 e. The number of nitrogens with one attached hydrogen (secondary N) is 1. The van der Waals surface area contributed by atoms with Crippen molar-refractivity contribution >= 4 is 22.6 Å². The average Bonchev–Trinajstić information content (AvgIpc) is 2.62. The number of benzene rings is 1. The first-order valence-electron chi connectivity index (χ1n) is 8.42. The van der Waals surface area contributed by atoms with E-state index in [0.717, 1.165) is 26.2 Å². The standard InChI is InChI=1S/C18H23FN3O3/c1-4-21-11-13(18(24)25-3)17(23)12-9-14(19)16(10-15(12)21)22(2)7-5-20-6-8-22/h9-11,20H,4-8H2,1-3H3/q+1. The Labute approximate surface area is 145 Å². The summed E-state index contributed by atoms with van der Waals surface area (Å²) in [5.74, 6) is -1.13. The Hall–Kier alpha value is -2.25. The van der Waals surface area contributed by atoms with E-state index in [1.807, 2.05) is 14.0 Å². The number of fused-ring (bicyclic) bond motifs is 1. The van der Waals surface area contributed by atoms with Gasteiger partial charge in [0.2, 0.25) is 5.43 Å². The number of rotatable bonds is 3. The maximum absolute atomic E-state index is 14.9. The van der Waals surface area contributed by atoms with E-state index in [1.54, 1.807) is 10.6 Å². The van der Waals surface area contributed by atoms with Crippen LogP contribution in [-0.4, -0.2) is 50.9 Å². The summed E-state index contributed by atoms with van der Waals surface area (Å²) in [6, 6.07) is 3.01. The summed E-state index contributed by atoms with van der Waals surface area (Å²) in [5, 5.41) is 3.48. The van der Waals surface area contributed by atoms with Crippen molar-refractivity contribution in [2.24, 2.45) is 0 Å². The van der Waals surface area contributed by atoms with Crippen LogP contribution in [0.4, 0.5) is 10.1 Å². The molecule has 0 saturated carbocycles. The lowest BCUT2D eigenvalue weighted by molar-refractivity contribution is 0.0598. The number of methoxy groups -OCH3 is 1. The second-order valence-corrected chi connectivity index (χ2v) is 6.56. The Morgan fingerprint density at radius 2 is 2.04 bits per heavy atom. The molecular weight excluding hydrogens is 325 g/mol. The lowest BCUT2D eigenvalue weighted by atomic mass is 10.1. The first kappa shape index (κ1) is 17.6. The van der Waals surface area contributed by atoms with Crippen LogP contribution in [0, 0.1) is 5.82 Å². The molecule has 1 aliphatic rings. The average molecular weight is 348 g/mol. The number of nitrogens with zero attached hydrogens (tertiary/aromatic N) is 2. The van der Waals surface area contributed by atoms with Gasteiger partial charge in [0.15, 0.2) is 11.5 Å². The molecule has 0 unspecified atom stereocenters. The molecule has 0 aliphatic carbocycles. The zero-order chi connectivity index (χ0) is 18.2. The quantitative estimate of drug-likeness (QED) is 0.674. The van der Waals surface area contributed by atoms with Crippen LogP contribution in [-0.2, 0) is 11.3 Å². The Balaban J connectivity index is 2.27. The Morgan fingerprint density at radius 3 is 2.64 bits per heavy atom. The molecule has 6 nitrogen and oxygen atoms in total. The molecule has 0 amide bonds. The van der Waals surface area contributed by atoms with Gasteiger partial charge in [0, 0.05) is 37.3 Å². The van der Waals surface area contributed by atoms with Gasteiger partial charge < -0.3 is 14.6 Å². The third-order valence-electron chi connectivity index (χ3n) is 5.04. The fourth-order valence-corrected chi connectivity index (χ4v) is 3.46. The fourth-order valence-electron chi connectivity index (χ4n) is 3.46. The number of hydrogen-bond donors (Lipinski definition) is 1. The van der Waals surface area contributed by atoms with E-state index in [0.29, 0.717) is 22.2 Å². The molecule has 7 heteroatoms. The minimum absolute atomic E-state index is 0.0773. The van der Waals surface area contributed by atoms with Crippen LogP contribution in [0.2, 0.25) is 0 Å². The maximum Gasteiger partial charge on any atom is 0.343 e. The fraction of sp³-hybridized carbons (Fsp3) is 0.444. The maximum atomic E-state index is 14.9. The number of likely N-dealkylation sites (N-methyl/N-ethyl adjacent to an activating group) is 1. The summed E-state index contributed by atoms with van der Waals surface area (Å²) in [6.45, 7) is 5.65. The predicted molar refractivity (Wildman–Crippen MR) is 95.5 cm³/mol. The van der Waals surface area contributed by atoms with Crippen LogP contribution in [0.3, 0.4) is 0 Å². The summed E-state index contributed by atoms with van der Waals surface area (Å²) < 4.78 is 21.8. The number of carbonyl (C=O) groups excluding carboxylic acids is 1. The molecular formula is C18H23FN3O3+. The first-order valence-corrected chi connectivity index (χ1v) is 8.42. The van der Waals surface area contributed by atoms with Gasteiger partial charge in [-0.25, -0.2) is 9.18 Å². The van der Waals surface area contributed by atoms with Gasteiger partial charge in [-0.05, 0) is 13.0 Å². The van der Waals surface area contributed by atoms with Crippen molar-refractivity contribution in [2.45, 2.75) is 13.5 Å². The molecule has 0 atom stereocenters. The van der Waals surface area contributed by atoms with Crippen LogP contribution in [0.5, 0.6) is 0 Å². The minimum Gasteiger partial charge on any atom is -0.465 e. The molecule has 1 aliphatic heterocycles. The molecule has 25 heavy (non-hydrogen) atoms. The molecule has 3 rings (SSSR count). The number of piperazine rings is 1.